The average molecular weight is 444 g/mol. The van der Waals surface area contributed by atoms with Crippen LogP contribution in [0.2, 0.25) is 5.02 Å². The van der Waals surface area contributed by atoms with E-state index in [1.54, 1.807) is 0 Å². The van der Waals surface area contributed by atoms with Gasteiger partial charge in [-0.05, 0) is 69.8 Å². The predicted octanol–water partition coefficient (Wildman–Crippen LogP) is 8.45. The zero-order chi connectivity index (χ0) is 22.3. The molecule has 5 aromatic carbocycles. The van der Waals surface area contributed by atoms with Gasteiger partial charge in [0.25, 0.3) is 0 Å². The molecule has 5 aromatic rings. The summed E-state index contributed by atoms with van der Waals surface area (Å²) >= 11 is 6.04. The number of benzene rings is 5. The molecule has 0 saturated heterocycles. The van der Waals surface area contributed by atoms with Gasteiger partial charge in [-0.2, -0.15) is 0 Å². The van der Waals surface area contributed by atoms with Crippen molar-refractivity contribution in [1.29, 1.82) is 0 Å². The SMILES string of the molecule is Clc1ccc(Nc2ccc(C3(c4ccccc4)c4ccccc4-c4ccccc43)cc2)cc1. The number of anilines is 2. The number of rotatable bonds is 4. The lowest BCUT2D eigenvalue weighted by Gasteiger charge is -2.34. The summed E-state index contributed by atoms with van der Waals surface area (Å²) in [6, 6.07) is 45.1. The highest BCUT2D eigenvalue weighted by molar-refractivity contribution is 6.30. The molecule has 1 nitrogen and oxygen atoms in total. The second-order valence-electron chi connectivity index (χ2n) is 8.42. The Hall–Kier alpha value is -3.81. The third kappa shape index (κ3) is 3.16. The molecule has 0 bridgehead atoms. The predicted molar refractivity (Wildman–Crippen MR) is 138 cm³/mol. The van der Waals surface area contributed by atoms with E-state index in [4.69, 9.17) is 11.6 Å². The normalized spacial score (nSPS) is 13.2. The summed E-state index contributed by atoms with van der Waals surface area (Å²) in [5.74, 6) is 0. The lowest BCUT2D eigenvalue weighted by atomic mass is 9.68. The Morgan fingerprint density at radius 1 is 0.455 bits per heavy atom. The van der Waals surface area contributed by atoms with Gasteiger partial charge in [0.1, 0.15) is 0 Å². The fourth-order valence-electron chi connectivity index (χ4n) is 5.22. The van der Waals surface area contributed by atoms with E-state index in [2.05, 4.69) is 108 Å². The highest BCUT2D eigenvalue weighted by atomic mass is 35.5. The van der Waals surface area contributed by atoms with Crippen LogP contribution in [-0.4, -0.2) is 0 Å². The van der Waals surface area contributed by atoms with E-state index in [1.807, 2.05) is 24.3 Å². The van der Waals surface area contributed by atoms with Gasteiger partial charge in [-0.25, -0.2) is 0 Å². The van der Waals surface area contributed by atoms with E-state index in [1.165, 1.54) is 33.4 Å². The minimum absolute atomic E-state index is 0.354. The van der Waals surface area contributed by atoms with E-state index < -0.39 is 0 Å². The molecule has 0 heterocycles. The smallest absolute Gasteiger partial charge is 0.0713 e. The summed E-state index contributed by atoms with van der Waals surface area (Å²) in [7, 11) is 0. The topological polar surface area (TPSA) is 12.0 Å². The fourth-order valence-corrected chi connectivity index (χ4v) is 5.34. The molecule has 0 fully saturated rings. The minimum atomic E-state index is -0.354. The Bertz CT molecular complexity index is 1380. The first-order valence-corrected chi connectivity index (χ1v) is 11.5. The number of halogens is 1. The number of hydrogen-bond donors (Lipinski definition) is 1. The Balaban J connectivity index is 1.53. The molecule has 0 spiro atoms. The summed E-state index contributed by atoms with van der Waals surface area (Å²) < 4.78 is 0. The van der Waals surface area contributed by atoms with E-state index in [0.717, 1.165) is 16.4 Å². The van der Waals surface area contributed by atoms with Crippen molar-refractivity contribution < 1.29 is 0 Å². The molecule has 1 aliphatic carbocycles. The molecule has 33 heavy (non-hydrogen) atoms. The van der Waals surface area contributed by atoms with E-state index >= 15 is 0 Å². The van der Waals surface area contributed by atoms with Gasteiger partial charge in [0, 0.05) is 16.4 Å². The maximum Gasteiger partial charge on any atom is 0.0713 e. The third-order valence-corrected chi connectivity index (χ3v) is 6.86. The van der Waals surface area contributed by atoms with Crippen molar-refractivity contribution in [1.82, 2.24) is 0 Å². The maximum atomic E-state index is 6.04. The van der Waals surface area contributed by atoms with Gasteiger partial charge in [0.2, 0.25) is 0 Å². The van der Waals surface area contributed by atoms with Crippen molar-refractivity contribution in [3.63, 3.8) is 0 Å². The van der Waals surface area contributed by atoms with E-state index in [9.17, 15) is 0 Å². The molecule has 1 aliphatic rings. The van der Waals surface area contributed by atoms with Crippen LogP contribution in [0.4, 0.5) is 11.4 Å². The Kier molecular flexibility index (Phi) is 4.78. The monoisotopic (exact) mass is 443 g/mol. The van der Waals surface area contributed by atoms with Gasteiger partial charge in [-0.3, -0.25) is 0 Å². The van der Waals surface area contributed by atoms with Crippen LogP contribution < -0.4 is 5.32 Å². The molecule has 1 N–H and O–H groups in total. The summed E-state index contributed by atoms with van der Waals surface area (Å²) in [5.41, 5.74) is 9.51. The fraction of sp³-hybridized carbons (Fsp3) is 0.0323. The van der Waals surface area contributed by atoms with Crippen molar-refractivity contribution in [2.24, 2.45) is 0 Å². The summed E-state index contributed by atoms with van der Waals surface area (Å²) in [6.45, 7) is 0. The zero-order valence-electron chi connectivity index (χ0n) is 18.0. The van der Waals surface area contributed by atoms with Crippen LogP contribution in [0.25, 0.3) is 11.1 Å². The molecule has 0 unspecified atom stereocenters. The first-order valence-electron chi connectivity index (χ1n) is 11.1. The van der Waals surface area contributed by atoms with Crippen molar-refractivity contribution in [3.05, 3.63) is 155 Å². The Morgan fingerprint density at radius 2 is 0.909 bits per heavy atom. The van der Waals surface area contributed by atoms with Gasteiger partial charge in [0.15, 0.2) is 0 Å². The van der Waals surface area contributed by atoms with Crippen LogP contribution in [0, 0.1) is 0 Å². The molecular weight excluding hydrogens is 422 g/mol. The first-order chi connectivity index (χ1) is 16.3. The van der Waals surface area contributed by atoms with Crippen LogP contribution in [0.1, 0.15) is 22.3 Å². The molecule has 0 radical (unpaired) electrons. The van der Waals surface area contributed by atoms with Crippen molar-refractivity contribution >= 4 is 23.0 Å². The van der Waals surface area contributed by atoms with Gasteiger partial charge < -0.3 is 5.32 Å². The van der Waals surface area contributed by atoms with Crippen LogP contribution in [0.3, 0.4) is 0 Å². The van der Waals surface area contributed by atoms with Gasteiger partial charge in [-0.15, -0.1) is 0 Å². The maximum absolute atomic E-state index is 6.04. The van der Waals surface area contributed by atoms with Gasteiger partial charge in [0.05, 0.1) is 5.41 Å². The van der Waals surface area contributed by atoms with Crippen LogP contribution in [-0.2, 0) is 5.41 Å². The summed E-state index contributed by atoms with van der Waals surface area (Å²) in [5, 5.41) is 4.22. The molecule has 0 atom stereocenters. The van der Waals surface area contributed by atoms with Crippen molar-refractivity contribution in [3.8, 4) is 11.1 Å². The van der Waals surface area contributed by atoms with Gasteiger partial charge in [-0.1, -0.05) is 103 Å². The standard InChI is InChI=1S/C31H22ClN/c32-24-16-20-26(21-17-24)33-25-18-14-23(15-19-25)31(22-8-2-1-3-9-22)29-12-6-4-10-27(29)28-11-5-7-13-30(28)31/h1-21,33H. The van der Waals surface area contributed by atoms with Crippen molar-refractivity contribution in [2.45, 2.75) is 5.41 Å². The molecule has 2 heteroatoms. The third-order valence-electron chi connectivity index (χ3n) is 6.61. The molecule has 158 valence electrons. The minimum Gasteiger partial charge on any atom is -0.356 e. The second kappa shape index (κ2) is 7.95. The Labute approximate surface area is 199 Å². The highest BCUT2D eigenvalue weighted by Gasteiger charge is 2.45. The lowest BCUT2D eigenvalue weighted by Crippen LogP contribution is -2.28. The van der Waals surface area contributed by atoms with Crippen molar-refractivity contribution in [2.75, 3.05) is 5.32 Å². The lowest BCUT2D eigenvalue weighted by molar-refractivity contribution is 0.768. The quantitative estimate of drug-likeness (QED) is 0.288. The van der Waals surface area contributed by atoms with E-state index in [-0.39, 0.29) is 5.41 Å². The summed E-state index contributed by atoms with van der Waals surface area (Å²) in [6.07, 6.45) is 0. The first kappa shape index (κ1) is 19.8. The molecule has 6 rings (SSSR count). The zero-order valence-corrected chi connectivity index (χ0v) is 18.8. The number of nitrogens with one attached hydrogen (secondary N) is 1. The molecule has 0 amide bonds. The summed E-state index contributed by atoms with van der Waals surface area (Å²) in [4.78, 5) is 0. The van der Waals surface area contributed by atoms with E-state index in [0.29, 0.717) is 0 Å². The number of hydrogen-bond acceptors (Lipinski definition) is 1. The highest BCUT2D eigenvalue weighted by Crippen LogP contribution is 2.55. The van der Waals surface area contributed by atoms with Crippen LogP contribution in [0.5, 0.6) is 0 Å². The van der Waals surface area contributed by atoms with Crippen LogP contribution in [0.15, 0.2) is 127 Å². The Morgan fingerprint density at radius 3 is 1.48 bits per heavy atom. The molecule has 0 saturated carbocycles. The average Bonchev–Trinajstić information content (AvgIpc) is 3.18. The van der Waals surface area contributed by atoms with Gasteiger partial charge >= 0.3 is 0 Å². The molecule has 0 aliphatic heterocycles. The van der Waals surface area contributed by atoms with Crippen LogP contribution >= 0.6 is 11.6 Å². The second-order valence-corrected chi connectivity index (χ2v) is 8.85. The molecular formula is C31H22ClN. The largest absolute Gasteiger partial charge is 0.356 e. The number of fused-ring (bicyclic) bond motifs is 3. The molecule has 0 aromatic heterocycles.